The molecule has 0 aromatic carbocycles. The molecule has 2 heterocycles. The van der Waals surface area contributed by atoms with Crippen LogP contribution < -0.4 is 5.32 Å². The maximum Gasteiger partial charge on any atom is 0.0540 e. The predicted octanol–water partition coefficient (Wildman–Crippen LogP) is 4.12. The fraction of sp³-hybridized carbons (Fsp3) is 0.500. The zero-order valence-corrected chi connectivity index (χ0v) is 13.2. The van der Waals surface area contributed by atoms with Gasteiger partial charge in [0.25, 0.3) is 0 Å². The molecule has 0 saturated heterocycles. The Labute approximate surface area is 128 Å². The van der Waals surface area contributed by atoms with Crippen LogP contribution in [-0.4, -0.2) is 17.8 Å². The Kier molecular flexibility index (Phi) is 4.89. The monoisotopic (exact) mass is 307 g/mol. The highest BCUT2D eigenvalue weighted by Crippen LogP contribution is 2.29. The zero-order chi connectivity index (χ0) is 13.8. The van der Waals surface area contributed by atoms with Gasteiger partial charge in [0.1, 0.15) is 0 Å². The second kappa shape index (κ2) is 6.85. The molecule has 1 aliphatic rings. The first kappa shape index (κ1) is 14.3. The van der Waals surface area contributed by atoms with Crippen LogP contribution in [0.2, 0.25) is 0 Å². The highest BCUT2D eigenvalue weighted by Gasteiger charge is 2.18. The van der Waals surface area contributed by atoms with Gasteiger partial charge in [-0.3, -0.25) is 0 Å². The van der Waals surface area contributed by atoms with Gasteiger partial charge in [0.2, 0.25) is 0 Å². The maximum atomic E-state index is 9.51. The van der Waals surface area contributed by atoms with E-state index in [-0.39, 0.29) is 6.10 Å². The molecule has 2 nitrogen and oxygen atoms in total. The molecule has 0 unspecified atom stereocenters. The molecule has 2 aromatic rings. The Hall–Kier alpha value is -0.680. The largest absolute Gasteiger partial charge is 0.393 e. The molecule has 0 aliphatic heterocycles. The summed E-state index contributed by atoms with van der Waals surface area (Å²) in [4.78, 5) is 2.76. The van der Waals surface area contributed by atoms with Crippen LogP contribution in [0, 0.1) is 5.92 Å². The minimum atomic E-state index is -0.0445. The van der Waals surface area contributed by atoms with Crippen molar-refractivity contribution in [2.75, 3.05) is 6.54 Å². The predicted molar refractivity (Wildman–Crippen MR) is 87.3 cm³/mol. The van der Waals surface area contributed by atoms with E-state index in [0.29, 0.717) is 0 Å². The van der Waals surface area contributed by atoms with Crippen molar-refractivity contribution >= 4 is 22.7 Å². The number of aliphatic hydroxyl groups is 1. The third kappa shape index (κ3) is 3.70. The summed E-state index contributed by atoms with van der Waals surface area (Å²) in [7, 11) is 0. The van der Waals surface area contributed by atoms with Crippen LogP contribution in [0.5, 0.6) is 0 Å². The summed E-state index contributed by atoms with van der Waals surface area (Å²) in [6.07, 6.45) is 4.25. The van der Waals surface area contributed by atoms with E-state index in [2.05, 4.69) is 34.3 Å². The molecule has 1 fully saturated rings. The van der Waals surface area contributed by atoms with E-state index in [1.807, 2.05) is 11.3 Å². The first-order valence-electron chi connectivity index (χ1n) is 7.31. The van der Waals surface area contributed by atoms with E-state index in [1.165, 1.54) is 28.2 Å². The Bertz CT molecular complexity index is 512. The Morgan fingerprint density at radius 3 is 2.80 bits per heavy atom. The van der Waals surface area contributed by atoms with E-state index >= 15 is 0 Å². The lowest BCUT2D eigenvalue weighted by Crippen LogP contribution is -2.27. The first-order chi connectivity index (χ1) is 9.81. The van der Waals surface area contributed by atoms with E-state index in [1.54, 1.807) is 11.3 Å². The molecule has 2 aromatic heterocycles. The van der Waals surface area contributed by atoms with Crippen LogP contribution in [-0.2, 0) is 6.54 Å². The molecule has 1 saturated carbocycles. The molecule has 2 N–H and O–H groups in total. The fourth-order valence-electron chi connectivity index (χ4n) is 2.79. The van der Waals surface area contributed by atoms with Crippen LogP contribution in [0.3, 0.4) is 0 Å². The quantitative estimate of drug-likeness (QED) is 0.871. The van der Waals surface area contributed by atoms with Crippen LogP contribution >= 0.6 is 22.7 Å². The molecule has 3 rings (SSSR count). The minimum absolute atomic E-state index is 0.0445. The van der Waals surface area contributed by atoms with Crippen LogP contribution in [0.4, 0.5) is 0 Å². The molecule has 20 heavy (non-hydrogen) atoms. The van der Waals surface area contributed by atoms with Crippen molar-refractivity contribution in [2.45, 2.75) is 38.3 Å². The number of rotatable bonds is 5. The van der Waals surface area contributed by atoms with Gasteiger partial charge in [-0.05, 0) is 61.0 Å². The summed E-state index contributed by atoms with van der Waals surface area (Å²) in [6.45, 7) is 2.05. The van der Waals surface area contributed by atoms with Gasteiger partial charge >= 0.3 is 0 Å². The van der Waals surface area contributed by atoms with Crippen LogP contribution in [0.25, 0.3) is 10.4 Å². The molecular formula is C16H21NOS2. The summed E-state index contributed by atoms with van der Waals surface area (Å²) >= 11 is 3.64. The SMILES string of the molecule is OC1CCC(CNCc2cc(-c3cccs3)cs2)CC1. The summed E-state index contributed by atoms with van der Waals surface area (Å²) in [5.41, 5.74) is 1.35. The van der Waals surface area contributed by atoms with Crippen LogP contribution in [0.15, 0.2) is 29.0 Å². The van der Waals surface area contributed by atoms with Gasteiger partial charge < -0.3 is 10.4 Å². The van der Waals surface area contributed by atoms with E-state index in [9.17, 15) is 5.11 Å². The van der Waals surface area contributed by atoms with Gasteiger partial charge in [0.05, 0.1) is 6.10 Å². The number of hydrogen-bond acceptors (Lipinski definition) is 4. The van der Waals surface area contributed by atoms with E-state index < -0.39 is 0 Å². The number of aliphatic hydroxyl groups excluding tert-OH is 1. The number of thiophene rings is 2. The third-order valence-corrected chi connectivity index (χ3v) is 5.86. The number of nitrogens with one attached hydrogen (secondary N) is 1. The second-order valence-electron chi connectivity index (χ2n) is 5.58. The summed E-state index contributed by atoms with van der Waals surface area (Å²) < 4.78 is 0. The van der Waals surface area contributed by atoms with Crippen molar-refractivity contribution in [3.63, 3.8) is 0 Å². The Balaban J connectivity index is 1.45. The fourth-order valence-corrected chi connectivity index (χ4v) is 4.44. The van der Waals surface area contributed by atoms with Crippen LogP contribution in [0.1, 0.15) is 30.6 Å². The highest BCUT2D eigenvalue weighted by molar-refractivity contribution is 7.14. The van der Waals surface area contributed by atoms with Crippen molar-refractivity contribution in [2.24, 2.45) is 5.92 Å². The summed E-state index contributed by atoms with van der Waals surface area (Å²) in [5.74, 6) is 0.745. The van der Waals surface area contributed by atoms with E-state index in [0.717, 1.165) is 31.8 Å². The van der Waals surface area contributed by atoms with Crippen molar-refractivity contribution in [1.29, 1.82) is 0 Å². The van der Waals surface area contributed by atoms with Crippen molar-refractivity contribution in [1.82, 2.24) is 5.32 Å². The summed E-state index contributed by atoms with van der Waals surface area (Å²) in [6, 6.07) is 6.58. The molecule has 0 amide bonds. The lowest BCUT2D eigenvalue weighted by Gasteiger charge is -2.25. The van der Waals surface area contributed by atoms with Gasteiger partial charge in [-0.1, -0.05) is 6.07 Å². The molecule has 1 aliphatic carbocycles. The zero-order valence-electron chi connectivity index (χ0n) is 11.5. The lowest BCUT2D eigenvalue weighted by molar-refractivity contribution is 0.108. The van der Waals surface area contributed by atoms with Crippen molar-refractivity contribution in [3.05, 3.63) is 33.8 Å². The first-order valence-corrected chi connectivity index (χ1v) is 9.07. The minimum Gasteiger partial charge on any atom is -0.393 e. The third-order valence-electron chi connectivity index (χ3n) is 4.01. The lowest BCUT2D eigenvalue weighted by atomic mass is 9.87. The van der Waals surface area contributed by atoms with Gasteiger partial charge in [-0.2, -0.15) is 0 Å². The molecule has 0 bridgehead atoms. The average molecular weight is 307 g/mol. The average Bonchev–Trinajstić information content (AvgIpc) is 3.11. The van der Waals surface area contributed by atoms with Gasteiger partial charge in [0, 0.05) is 21.9 Å². The normalized spacial score (nSPS) is 23.1. The second-order valence-corrected chi connectivity index (χ2v) is 7.53. The standard InChI is InChI=1S/C16H21NOS2/c18-14-5-3-12(4-6-14)9-17-10-15-8-13(11-20-15)16-2-1-7-19-16/h1-2,7-8,11-12,14,17-18H,3-6,9-10H2. The van der Waals surface area contributed by atoms with Crippen molar-refractivity contribution < 1.29 is 5.11 Å². The molecule has 108 valence electrons. The molecular weight excluding hydrogens is 286 g/mol. The van der Waals surface area contributed by atoms with Crippen molar-refractivity contribution in [3.8, 4) is 10.4 Å². The van der Waals surface area contributed by atoms with Gasteiger partial charge in [0.15, 0.2) is 0 Å². The van der Waals surface area contributed by atoms with Gasteiger partial charge in [-0.25, -0.2) is 0 Å². The molecule has 4 heteroatoms. The molecule has 0 radical (unpaired) electrons. The Morgan fingerprint density at radius 2 is 2.05 bits per heavy atom. The molecule has 0 atom stereocenters. The Morgan fingerprint density at radius 1 is 1.20 bits per heavy atom. The van der Waals surface area contributed by atoms with E-state index in [4.69, 9.17) is 0 Å². The number of hydrogen-bond donors (Lipinski definition) is 2. The smallest absolute Gasteiger partial charge is 0.0540 e. The maximum absolute atomic E-state index is 9.51. The van der Waals surface area contributed by atoms with Gasteiger partial charge in [-0.15, -0.1) is 22.7 Å². The summed E-state index contributed by atoms with van der Waals surface area (Å²) in [5, 5.41) is 17.5. The molecule has 0 spiro atoms. The topological polar surface area (TPSA) is 32.3 Å². The highest BCUT2D eigenvalue weighted by atomic mass is 32.1.